The summed E-state index contributed by atoms with van der Waals surface area (Å²) >= 11 is 0. The number of carbonyl (C=O) groups is 2. The number of nitro groups is 1. The lowest BCUT2D eigenvalue weighted by Gasteiger charge is -2.29. The second-order valence-corrected chi connectivity index (χ2v) is 7.29. The molecule has 3 heterocycles. The zero-order valence-corrected chi connectivity index (χ0v) is 15.0. The van der Waals surface area contributed by atoms with Gasteiger partial charge in [-0.15, -0.1) is 0 Å². The maximum atomic E-state index is 13.3. The van der Waals surface area contributed by atoms with Crippen molar-refractivity contribution in [3.8, 4) is 0 Å². The van der Waals surface area contributed by atoms with E-state index in [4.69, 9.17) is 0 Å². The number of nitro benzene ring substituents is 1. The Morgan fingerprint density at radius 3 is 2.32 bits per heavy atom. The van der Waals surface area contributed by atoms with Crippen LogP contribution in [-0.4, -0.2) is 45.9 Å². The van der Waals surface area contributed by atoms with E-state index in [-0.39, 0.29) is 23.5 Å². The number of carbonyl (C=O) groups excluding carboxylic acids is 2. The minimum absolute atomic E-state index is 0.0108. The number of rotatable bonds is 3. The molecule has 3 saturated heterocycles. The summed E-state index contributed by atoms with van der Waals surface area (Å²) in [4.78, 5) is 38.6. The number of nitrogens with zero attached hydrogens (tertiary/aromatic N) is 4. The van der Waals surface area contributed by atoms with Crippen LogP contribution in [0.25, 0.3) is 0 Å². The third kappa shape index (κ3) is 2.31. The number of non-ortho nitro benzene ring substituents is 1. The molecule has 0 saturated carbocycles. The highest BCUT2D eigenvalue weighted by molar-refractivity contribution is 6.24. The summed E-state index contributed by atoms with van der Waals surface area (Å²) in [6.07, 6.45) is 0.890. The molecular formula is C20H18N4O4. The molecule has 2 aromatic rings. The van der Waals surface area contributed by atoms with Crippen LogP contribution in [0, 0.1) is 16.0 Å². The quantitative estimate of drug-likeness (QED) is 0.462. The van der Waals surface area contributed by atoms with Crippen molar-refractivity contribution >= 4 is 23.2 Å². The smallest absolute Gasteiger partial charge is 0.269 e. The van der Waals surface area contributed by atoms with Gasteiger partial charge in [-0.25, -0.2) is 14.9 Å². The van der Waals surface area contributed by atoms with Gasteiger partial charge in [-0.2, -0.15) is 0 Å². The van der Waals surface area contributed by atoms with Crippen molar-refractivity contribution in [3.05, 3.63) is 70.3 Å². The lowest BCUT2D eigenvalue weighted by Crippen LogP contribution is -2.44. The molecule has 5 rings (SSSR count). The highest BCUT2D eigenvalue weighted by atomic mass is 16.6. The van der Waals surface area contributed by atoms with Crippen LogP contribution in [0.15, 0.2) is 54.6 Å². The van der Waals surface area contributed by atoms with Gasteiger partial charge in [0.2, 0.25) is 5.91 Å². The Balaban J connectivity index is 1.59. The first kappa shape index (κ1) is 17.0. The minimum atomic E-state index is -0.574. The molecule has 0 aromatic heterocycles. The molecular weight excluding hydrogens is 360 g/mol. The number of hydrazine groups is 1. The molecule has 142 valence electrons. The van der Waals surface area contributed by atoms with Crippen LogP contribution in [-0.2, 0) is 9.59 Å². The summed E-state index contributed by atoms with van der Waals surface area (Å²) in [5, 5.41) is 15.3. The number of fused-ring (bicyclic) bond motifs is 3. The number of para-hydroxylation sites is 1. The number of hydrogen-bond acceptors (Lipinski definition) is 6. The van der Waals surface area contributed by atoms with Gasteiger partial charge in [0, 0.05) is 25.2 Å². The van der Waals surface area contributed by atoms with E-state index in [0.29, 0.717) is 17.8 Å². The summed E-state index contributed by atoms with van der Waals surface area (Å²) in [5.74, 6) is -1.04. The summed E-state index contributed by atoms with van der Waals surface area (Å²) in [5.41, 5.74) is 1.25. The minimum Gasteiger partial charge on any atom is -0.274 e. The van der Waals surface area contributed by atoms with Crippen LogP contribution in [0.5, 0.6) is 0 Å². The first-order valence-electron chi connectivity index (χ1n) is 9.28. The van der Waals surface area contributed by atoms with Gasteiger partial charge in [0.05, 0.1) is 22.6 Å². The monoisotopic (exact) mass is 378 g/mol. The summed E-state index contributed by atoms with van der Waals surface area (Å²) in [6.45, 7) is 1.43. The Labute approximate surface area is 161 Å². The second kappa shape index (κ2) is 6.22. The Morgan fingerprint density at radius 1 is 0.893 bits per heavy atom. The molecule has 0 radical (unpaired) electrons. The van der Waals surface area contributed by atoms with Crippen molar-refractivity contribution in [2.75, 3.05) is 18.0 Å². The van der Waals surface area contributed by atoms with Crippen molar-refractivity contribution in [1.82, 2.24) is 10.0 Å². The van der Waals surface area contributed by atoms with Crippen LogP contribution in [0.1, 0.15) is 18.0 Å². The fraction of sp³-hybridized carbons (Fsp3) is 0.300. The molecule has 3 aliphatic heterocycles. The molecule has 0 aliphatic carbocycles. The first-order chi connectivity index (χ1) is 13.6. The largest absolute Gasteiger partial charge is 0.274 e. The molecule has 3 aliphatic rings. The Kier molecular flexibility index (Phi) is 3.78. The predicted octanol–water partition coefficient (Wildman–Crippen LogP) is 2.13. The van der Waals surface area contributed by atoms with Gasteiger partial charge in [-0.1, -0.05) is 30.3 Å². The number of benzene rings is 2. The highest BCUT2D eigenvalue weighted by Gasteiger charge is 2.62. The van der Waals surface area contributed by atoms with Crippen molar-refractivity contribution < 1.29 is 14.5 Å². The van der Waals surface area contributed by atoms with Gasteiger partial charge < -0.3 is 0 Å². The zero-order chi connectivity index (χ0) is 19.4. The fourth-order valence-corrected chi connectivity index (χ4v) is 4.77. The van der Waals surface area contributed by atoms with Crippen LogP contribution in [0.3, 0.4) is 0 Å². The molecule has 8 nitrogen and oxygen atoms in total. The van der Waals surface area contributed by atoms with Gasteiger partial charge in [0.15, 0.2) is 0 Å². The van der Waals surface area contributed by atoms with E-state index in [0.717, 1.165) is 13.0 Å². The Morgan fingerprint density at radius 2 is 1.61 bits per heavy atom. The van der Waals surface area contributed by atoms with Gasteiger partial charge in [0.1, 0.15) is 6.04 Å². The molecule has 0 unspecified atom stereocenters. The number of amides is 2. The van der Waals surface area contributed by atoms with Gasteiger partial charge >= 0.3 is 0 Å². The number of anilines is 1. The number of imide groups is 1. The third-order valence-electron chi connectivity index (χ3n) is 5.84. The van der Waals surface area contributed by atoms with E-state index in [1.54, 1.807) is 36.4 Å². The molecule has 0 bridgehead atoms. The van der Waals surface area contributed by atoms with Crippen LogP contribution < -0.4 is 4.90 Å². The molecule has 8 heteroatoms. The highest BCUT2D eigenvalue weighted by Crippen LogP contribution is 2.49. The average molecular weight is 378 g/mol. The van der Waals surface area contributed by atoms with E-state index >= 15 is 0 Å². The molecule has 0 spiro atoms. The molecule has 2 amide bonds. The van der Waals surface area contributed by atoms with Crippen molar-refractivity contribution in [3.63, 3.8) is 0 Å². The first-order valence-corrected chi connectivity index (χ1v) is 9.28. The average Bonchev–Trinajstić information content (AvgIpc) is 3.34. The maximum absolute atomic E-state index is 13.3. The predicted molar refractivity (Wildman–Crippen MR) is 100 cm³/mol. The van der Waals surface area contributed by atoms with Gasteiger partial charge in [0.25, 0.3) is 11.6 Å². The fourth-order valence-electron chi connectivity index (χ4n) is 4.77. The van der Waals surface area contributed by atoms with E-state index in [9.17, 15) is 19.7 Å². The standard InChI is InChI=1S/C20H18N4O4/c25-19-16-17(13-6-4-9-15(12-13)24(27)28)21-10-5-11-22(21)18(16)20(26)23(19)14-7-2-1-3-8-14/h1-4,6-9,12,16-18H,5,10-11H2/t16-,17-,18-/m0/s1. The number of hydrogen-bond donors (Lipinski definition) is 0. The molecule has 3 fully saturated rings. The summed E-state index contributed by atoms with van der Waals surface area (Å²) in [7, 11) is 0. The normalized spacial score (nSPS) is 27.3. The summed E-state index contributed by atoms with van der Waals surface area (Å²) in [6, 6.07) is 14.4. The third-order valence-corrected chi connectivity index (χ3v) is 5.84. The molecule has 0 N–H and O–H groups in total. The zero-order valence-electron chi connectivity index (χ0n) is 15.0. The topological polar surface area (TPSA) is 87.0 Å². The SMILES string of the molecule is O=C1[C@@H]2[C@@H](C(=O)N1c1ccccc1)N1CCCN1[C@H]2c1cccc([N+](=O)[O-])c1. The van der Waals surface area contributed by atoms with Crippen molar-refractivity contribution in [2.45, 2.75) is 18.5 Å². The summed E-state index contributed by atoms with van der Waals surface area (Å²) < 4.78 is 0. The van der Waals surface area contributed by atoms with E-state index in [1.807, 2.05) is 16.1 Å². The van der Waals surface area contributed by atoms with Crippen LogP contribution in [0.2, 0.25) is 0 Å². The Hall–Kier alpha value is -3.10. The van der Waals surface area contributed by atoms with E-state index in [2.05, 4.69) is 0 Å². The molecule has 3 atom stereocenters. The lowest BCUT2D eigenvalue weighted by atomic mass is 9.89. The van der Waals surface area contributed by atoms with Crippen molar-refractivity contribution in [1.29, 1.82) is 0 Å². The van der Waals surface area contributed by atoms with Crippen LogP contribution >= 0.6 is 0 Å². The van der Waals surface area contributed by atoms with Crippen LogP contribution in [0.4, 0.5) is 11.4 Å². The van der Waals surface area contributed by atoms with Gasteiger partial charge in [-0.05, 0) is 24.1 Å². The Bertz CT molecular complexity index is 979. The van der Waals surface area contributed by atoms with Crippen molar-refractivity contribution in [2.24, 2.45) is 5.92 Å². The second-order valence-electron chi connectivity index (χ2n) is 7.29. The van der Waals surface area contributed by atoms with E-state index in [1.165, 1.54) is 17.0 Å². The molecule has 28 heavy (non-hydrogen) atoms. The van der Waals surface area contributed by atoms with Gasteiger partial charge in [-0.3, -0.25) is 19.7 Å². The van der Waals surface area contributed by atoms with E-state index < -0.39 is 16.9 Å². The lowest BCUT2D eigenvalue weighted by molar-refractivity contribution is -0.385. The maximum Gasteiger partial charge on any atom is 0.269 e. The molecule has 2 aromatic carbocycles.